The van der Waals surface area contributed by atoms with Crippen LogP contribution < -0.4 is 13.7 Å². The summed E-state index contributed by atoms with van der Waals surface area (Å²) in [5, 5.41) is 0. The number of hydrogen-bond acceptors (Lipinski definition) is 5. The molecule has 0 spiro atoms. The molecule has 32 heavy (non-hydrogen) atoms. The van der Waals surface area contributed by atoms with E-state index >= 15 is 0 Å². The van der Waals surface area contributed by atoms with E-state index in [9.17, 15) is 13.0 Å². The van der Waals surface area contributed by atoms with Gasteiger partial charge < -0.3 is 13.7 Å². The number of rotatable bonds is 6. The first-order valence-corrected chi connectivity index (χ1v) is 14.9. The van der Waals surface area contributed by atoms with Gasteiger partial charge >= 0.3 is 10.4 Å². The highest BCUT2D eigenvalue weighted by atomic mass is 79.9. The minimum absolute atomic E-state index is 0.00771. The van der Waals surface area contributed by atoms with Gasteiger partial charge in [-0.25, -0.2) is 0 Å². The molecule has 0 saturated carbocycles. The van der Waals surface area contributed by atoms with Gasteiger partial charge in [-0.1, -0.05) is 31.9 Å². The van der Waals surface area contributed by atoms with Crippen molar-refractivity contribution < 1.29 is 26.6 Å². The molecule has 3 aromatic carbocycles. The van der Waals surface area contributed by atoms with Crippen molar-refractivity contribution in [3.63, 3.8) is 0 Å². The fraction of sp³-hybridized carbons (Fsp3) is 0. The van der Waals surface area contributed by atoms with Crippen LogP contribution in [0.25, 0.3) is 0 Å². The van der Waals surface area contributed by atoms with Crippen molar-refractivity contribution in [2.24, 2.45) is 0 Å². The molecule has 0 bridgehead atoms. The number of ether oxygens (including phenoxy) is 2. The predicted molar refractivity (Wildman–Crippen MR) is 146 cm³/mol. The lowest BCUT2D eigenvalue weighted by Crippen LogP contribution is -2.08. The van der Waals surface area contributed by atoms with Crippen molar-refractivity contribution in [1.82, 2.24) is 0 Å². The summed E-state index contributed by atoms with van der Waals surface area (Å²) in [5.74, 6) is 0.740. The van der Waals surface area contributed by atoms with Crippen LogP contribution in [0, 0.1) is 0 Å². The number of hydrogen-bond donors (Lipinski definition) is 1. The Morgan fingerprint density at radius 1 is 0.625 bits per heavy atom. The maximum Gasteiger partial charge on any atom is 0.446 e. The van der Waals surface area contributed by atoms with Crippen LogP contribution in [0.3, 0.4) is 0 Å². The summed E-state index contributed by atoms with van der Waals surface area (Å²) in [5.41, 5.74) is 0. The quantitative estimate of drug-likeness (QED) is 0.196. The van der Waals surface area contributed by atoms with Crippen LogP contribution in [0.15, 0.2) is 67.7 Å². The summed E-state index contributed by atoms with van der Waals surface area (Å²) in [6, 6.07) is 9.97. The van der Waals surface area contributed by atoms with Crippen molar-refractivity contribution in [3.8, 4) is 28.7 Å². The first kappa shape index (κ1) is 26.9. The van der Waals surface area contributed by atoms with E-state index in [1.54, 1.807) is 18.2 Å². The lowest BCUT2D eigenvalue weighted by Gasteiger charge is -2.18. The fourth-order valence-electron chi connectivity index (χ4n) is 2.32. The molecule has 0 atom stereocenters. The first-order valence-electron chi connectivity index (χ1n) is 8.00. The molecular weight excluding hydrogens is 904 g/mol. The average Bonchev–Trinajstić information content (AvgIpc) is 2.66. The van der Waals surface area contributed by atoms with E-state index in [1.165, 1.54) is 6.07 Å². The molecule has 0 aliphatic rings. The van der Waals surface area contributed by atoms with E-state index in [0.29, 0.717) is 32.6 Å². The van der Waals surface area contributed by atoms with Crippen molar-refractivity contribution in [2.75, 3.05) is 0 Å². The zero-order valence-electron chi connectivity index (χ0n) is 15.0. The minimum atomic E-state index is -4.81. The van der Waals surface area contributed by atoms with Gasteiger partial charge in [0.05, 0.1) is 13.4 Å². The van der Waals surface area contributed by atoms with Gasteiger partial charge in [0.1, 0.15) is 5.75 Å². The number of halogens is 7. The molecule has 0 heterocycles. The Labute approximate surface area is 242 Å². The van der Waals surface area contributed by atoms with Crippen molar-refractivity contribution in [1.29, 1.82) is 0 Å². The van der Waals surface area contributed by atoms with Gasteiger partial charge in [0, 0.05) is 30.0 Å². The van der Waals surface area contributed by atoms with Gasteiger partial charge in [-0.3, -0.25) is 4.55 Å². The molecule has 3 rings (SSSR count). The third kappa shape index (κ3) is 6.72. The van der Waals surface area contributed by atoms with Crippen LogP contribution in [0.4, 0.5) is 0 Å². The average molecular weight is 911 g/mol. The molecular formula is C18H7Br7O6S. The second-order valence-corrected chi connectivity index (χ2v) is 12.8. The Kier molecular flexibility index (Phi) is 9.20. The normalized spacial score (nSPS) is 11.4. The van der Waals surface area contributed by atoms with Crippen molar-refractivity contribution in [2.45, 2.75) is 0 Å². The molecule has 0 fully saturated rings. The molecule has 0 aliphatic heterocycles. The molecule has 0 aromatic heterocycles. The lowest BCUT2D eigenvalue weighted by molar-refractivity contribution is 0.367. The van der Waals surface area contributed by atoms with E-state index in [0.717, 1.165) is 4.47 Å². The standard InChI is InChI=1S/C18H7Br7O6S/c19-7-1-2-12(9(21)3-7)29-18-13(6-10(22)15(24)16(18)25)30-17-11(23)4-8(20)5-14(17)31-32(26,27)28/h1-6H,(H,26,27,28). The third-order valence-corrected chi connectivity index (χ3v) is 9.39. The second kappa shape index (κ2) is 10.9. The zero-order valence-corrected chi connectivity index (χ0v) is 26.9. The van der Waals surface area contributed by atoms with E-state index in [1.807, 2.05) is 12.1 Å². The summed E-state index contributed by atoms with van der Waals surface area (Å²) >= 11 is 23.8. The van der Waals surface area contributed by atoms with Crippen LogP contribution in [-0.2, 0) is 10.4 Å². The third-order valence-electron chi connectivity index (χ3n) is 3.57. The van der Waals surface area contributed by atoms with Crippen LogP contribution in [0.5, 0.6) is 28.7 Å². The smallest absolute Gasteiger partial charge is 0.446 e. The molecule has 170 valence electrons. The molecule has 0 radical (unpaired) electrons. The predicted octanol–water partition coefficient (Wildman–Crippen LogP) is 9.79. The van der Waals surface area contributed by atoms with Crippen molar-refractivity contribution in [3.05, 3.63) is 67.7 Å². The fourth-order valence-corrected chi connectivity index (χ4v) is 6.52. The molecule has 14 heteroatoms. The van der Waals surface area contributed by atoms with Crippen LogP contribution in [-0.4, -0.2) is 13.0 Å². The van der Waals surface area contributed by atoms with E-state index < -0.39 is 10.4 Å². The summed E-state index contributed by atoms with van der Waals surface area (Å²) in [4.78, 5) is 0. The van der Waals surface area contributed by atoms with E-state index in [-0.39, 0.29) is 23.0 Å². The van der Waals surface area contributed by atoms with Gasteiger partial charge in [0.25, 0.3) is 0 Å². The zero-order chi connectivity index (χ0) is 23.8. The van der Waals surface area contributed by atoms with Gasteiger partial charge in [-0.2, -0.15) is 8.42 Å². The molecule has 3 aromatic rings. The summed E-state index contributed by atoms with van der Waals surface area (Å²) in [6.07, 6.45) is 0. The SMILES string of the molecule is O=S(=O)(O)Oc1cc(Br)cc(Br)c1Oc1cc(Br)c(Br)c(Br)c1Oc1ccc(Br)cc1Br. The van der Waals surface area contributed by atoms with E-state index in [4.69, 9.17) is 13.7 Å². The topological polar surface area (TPSA) is 82.1 Å². The summed E-state index contributed by atoms with van der Waals surface area (Å²) in [6.45, 7) is 0. The highest BCUT2D eigenvalue weighted by Crippen LogP contribution is 2.51. The molecule has 0 saturated heterocycles. The Morgan fingerprint density at radius 3 is 1.88 bits per heavy atom. The van der Waals surface area contributed by atoms with Gasteiger partial charge in [0.2, 0.25) is 0 Å². The van der Waals surface area contributed by atoms with Crippen LogP contribution in [0.1, 0.15) is 0 Å². The van der Waals surface area contributed by atoms with Crippen LogP contribution >= 0.6 is 112 Å². The Hall–Kier alpha value is 0.330. The summed E-state index contributed by atoms with van der Waals surface area (Å²) in [7, 11) is -4.81. The second-order valence-electron chi connectivity index (χ2n) is 5.82. The van der Waals surface area contributed by atoms with E-state index in [2.05, 4.69) is 112 Å². The van der Waals surface area contributed by atoms with Gasteiger partial charge in [0.15, 0.2) is 23.0 Å². The highest BCUT2D eigenvalue weighted by Gasteiger charge is 2.23. The Balaban J connectivity index is 2.15. The van der Waals surface area contributed by atoms with Crippen LogP contribution in [0.2, 0.25) is 0 Å². The maximum atomic E-state index is 11.3. The molecule has 0 aliphatic carbocycles. The van der Waals surface area contributed by atoms with Gasteiger partial charge in [-0.05, 0) is 104 Å². The molecule has 1 N–H and O–H groups in total. The molecule has 0 unspecified atom stereocenters. The van der Waals surface area contributed by atoms with Crippen molar-refractivity contribution >= 4 is 122 Å². The minimum Gasteiger partial charge on any atom is -0.451 e. The monoisotopic (exact) mass is 903 g/mol. The van der Waals surface area contributed by atoms with Gasteiger partial charge in [-0.15, -0.1) is 0 Å². The summed E-state index contributed by atoms with van der Waals surface area (Å²) < 4.78 is 52.9. The molecule has 0 amide bonds. The largest absolute Gasteiger partial charge is 0.451 e. The Bertz CT molecular complexity index is 1310. The first-order chi connectivity index (χ1) is 14.9. The maximum absolute atomic E-state index is 11.3. The lowest BCUT2D eigenvalue weighted by atomic mass is 10.3. The molecule has 6 nitrogen and oxygen atoms in total. The number of benzene rings is 3. The highest BCUT2D eigenvalue weighted by molar-refractivity contribution is 9.14. The Morgan fingerprint density at radius 2 is 1.25 bits per heavy atom.